The van der Waals surface area contributed by atoms with Crippen LogP contribution in [-0.2, 0) is 20.8 Å². The van der Waals surface area contributed by atoms with Crippen LogP contribution >= 0.6 is 0 Å². The highest BCUT2D eigenvalue weighted by Gasteiger charge is 2.28. The minimum absolute atomic E-state index is 0.334. The number of oxazole rings is 1. The largest absolute Gasteiger partial charge is 0.467 e. The Hall–Kier alpha value is -1.40. The average Bonchev–Trinajstić information content (AvgIpc) is 2.67. The van der Waals surface area contributed by atoms with Gasteiger partial charge in [-0.2, -0.15) is 0 Å². The van der Waals surface area contributed by atoms with Crippen LogP contribution in [0.1, 0.15) is 17.3 Å². The average molecular weight is 254 g/mol. The second kappa shape index (κ2) is 5.49. The van der Waals surface area contributed by atoms with Gasteiger partial charge in [0.25, 0.3) is 0 Å². The van der Waals surface area contributed by atoms with Crippen molar-refractivity contribution in [2.24, 2.45) is 0 Å². The predicted molar refractivity (Wildman–Crippen MR) is 63.0 cm³/mol. The van der Waals surface area contributed by atoms with Gasteiger partial charge in [-0.05, 0) is 13.8 Å². The lowest BCUT2D eigenvalue weighted by Crippen LogP contribution is -2.46. The van der Waals surface area contributed by atoms with E-state index in [2.05, 4.69) is 14.6 Å². The molecule has 1 aromatic rings. The highest BCUT2D eigenvalue weighted by molar-refractivity contribution is 5.74. The predicted octanol–water partition coefficient (Wildman–Crippen LogP) is 0.665. The number of aryl methyl sites for hydroxylation is 2. The molecule has 6 nitrogen and oxygen atoms in total. The van der Waals surface area contributed by atoms with Gasteiger partial charge in [-0.15, -0.1) is 0 Å². The minimum atomic E-state index is -0.513. The van der Waals surface area contributed by atoms with Crippen LogP contribution in [0.25, 0.3) is 0 Å². The van der Waals surface area contributed by atoms with Gasteiger partial charge in [0.15, 0.2) is 6.10 Å². The van der Waals surface area contributed by atoms with Crippen molar-refractivity contribution in [2.45, 2.75) is 26.5 Å². The molecule has 0 saturated carbocycles. The summed E-state index contributed by atoms with van der Waals surface area (Å²) < 4.78 is 15.6. The summed E-state index contributed by atoms with van der Waals surface area (Å²) in [7, 11) is 1.37. The number of aromatic nitrogens is 1. The smallest absolute Gasteiger partial charge is 0.336 e. The number of carbonyl (C=O) groups excluding carboxylic acids is 1. The minimum Gasteiger partial charge on any atom is -0.467 e. The van der Waals surface area contributed by atoms with Crippen molar-refractivity contribution in [2.75, 3.05) is 26.8 Å². The lowest BCUT2D eigenvalue weighted by atomic mass is 10.2. The highest BCUT2D eigenvalue weighted by atomic mass is 16.6. The van der Waals surface area contributed by atoms with E-state index < -0.39 is 6.10 Å². The van der Waals surface area contributed by atoms with Crippen LogP contribution < -0.4 is 0 Å². The number of nitrogens with zero attached hydrogens (tertiary/aromatic N) is 2. The van der Waals surface area contributed by atoms with Gasteiger partial charge in [0.05, 0.1) is 26.0 Å². The molecule has 1 unspecified atom stereocenters. The third kappa shape index (κ3) is 2.88. The molecule has 0 radical (unpaired) electrons. The molecular formula is C12H18N2O4. The van der Waals surface area contributed by atoms with Crippen molar-refractivity contribution in [3.8, 4) is 0 Å². The molecule has 1 aliphatic rings. The molecule has 2 heterocycles. The van der Waals surface area contributed by atoms with Gasteiger partial charge in [-0.3, -0.25) is 4.90 Å². The SMILES string of the molecule is COC(=O)C1CN(Cc2nc(C)c(C)o2)CCO1. The van der Waals surface area contributed by atoms with Crippen molar-refractivity contribution in [1.29, 1.82) is 0 Å². The Morgan fingerprint density at radius 2 is 2.33 bits per heavy atom. The Morgan fingerprint density at radius 1 is 1.56 bits per heavy atom. The summed E-state index contributed by atoms with van der Waals surface area (Å²) in [6, 6.07) is 0. The van der Waals surface area contributed by atoms with E-state index in [1.807, 2.05) is 13.8 Å². The quantitative estimate of drug-likeness (QED) is 0.738. The summed E-state index contributed by atoms with van der Waals surface area (Å²) in [5.74, 6) is 1.18. The first-order valence-corrected chi connectivity index (χ1v) is 5.95. The number of hydrogen-bond acceptors (Lipinski definition) is 6. The van der Waals surface area contributed by atoms with Gasteiger partial charge in [0, 0.05) is 13.1 Å². The van der Waals surface area contributed by atoms with Gasteiger partial charge in [-0.1, -0.05) is 0 Å². The molecule has 1 atom stereocenters. The zero-order chi connectivity index (χ0) is 13.1. The van der Waals surface area contributed by atoms with Gasteiger partial charge in [0.2, 0.25) is 5.89 Å². The standard InChI is InChI=1S/C12H18N2O4/c1-8-9(2)18-11(13-8)7-14-4-5-17-10(6-14)12(15)16-3/h10H,4-7H2,1-3H3. The van der Waals surface area contributed by atoms with E-state index in [1.54, 1.807) is 0 Å². The number of methoxy groups -OCH3 is 1. The Morgan fingerprint density at radius 3 is 2.94 bits per heavy atom. The van der Waals surface area contributed by atoms with Crippen LogP contribution in [0.4, 0.5) is 0 Å². The van der Waals surface area contributed by atoms with Gasteiger partial charge in [0.1, 0.15) is 5.76 Å². The molecule has 2 rings (SSSR count). The van der Waals surface area contributed by atoms with Crippen LogP contribution in [0, 0.1) is 13.8 Å². The Kier molecular flexibility index (Phi) is 3.98. The molecule has 100 valence electrons. The number of ether oxygens (including phenoxy) is 2. The van der Waals surface area contributed by atoms with Crippen LogP contribution in [-0.4, -0.2) is 48.8 Å². The summed E-state index contributed by atoms with van der Waals surface area (Å²) >= 11 is 0. The van der Waals surface area contributed by atoms with Crippen molar-refractivity contribution in [3.05, 3.63) is 17.3 Å². The Bertz CT molecular complexity index is 410. The molecule has 1 saturated heterocycles. The molecule has 0 bridgehead atoms. The van der Waals surface area contributed by atoms with Crippen molar-refractivity contribution in [3.63, 3.8) is 0 Å². The fraction of sp³-hybridized carbons (Fsp3) is 0.667. The maximum atomic E-state index is 11.4. The number of esters is 1. The summed E-state index contributed by atoms with van der Waals surface area (Å²) in [4.78, 5) is 17.8. The first-order chi connectivity index (χ1) is 8.60. The van der Waals surface area contributed by atoms with E-state index in [4.69, 9.17) is 9.15 Å². The molecule has 0 aliphatic carbocycles. The second-order valence-corrected chi connectivity index (χ2v) is 4.37. The topological polar surface area (TPSA) is 64.8 Å². The molecule has 0 N–H and O–H groups in total. The Balaban J connectivity index is 1.95. The van der Waals surface area contributed by atoms with E-state index in [1.165, 1.54) is 7.11 Å². The zero-order valence-corrected chi connectivity index (χ0v) is 10.9. The number of morpholine rings is 1. The van der Waals surface area contributed by atoms with E-state index in [0.29, 0.717) is 25.6 Å². The van der Waals surface area contributed by atoms with Gasteiger partial charge >= 0.3 is 5.97 Å². The zero-order valence-electron chi connectivity index (χ0n) is 10.9. The van der Waals surface area contributed by atoms with Gasteiger partial charge in [-0.25, -0.2) is 9.78 Å². The fourth-order valence-electron chi connectivity index (χ4n) is 1.92. The summed E-state index contributed by atoms with van der Waals surface area (Å²) in [6.07, 6.45) is -0.513. The molecule has 1 aliphatic heterocycles. The van der Waals surface area contributed by atoms with E-state index in [9.17, 15) is 4.79 Å². The number of carbonyl (C=O) groups is 1. The molecule has 0 amide bonds. The highest BCUT2D eigenvalue weighted by Crippen LogP contribution is 2.13. The summed E-state index contributed by atoms with van der Waals surface area (Å²) in [5.41, 5.74) is 0.905. The lowest BCUT2D eigenvalue weighted by Gasteiger charge is -2.30. The number of hydrogen-bond donors (Lipinski definition) is 0. The molecular weight excluding hydrogens is 236 g/mol. The van der Waals surface area contributed by atoms with Crippen LogP contribution in [0.3, 0.4) is 0 Å². The summed E-state index contributed by atoms with van der Waals surface area (Å²) in [6.45, 7) is 6.17. The monoisotopic (exact) mass is 254 g/mol. The summed E-state index contributed by atoms with van der Waals surface area (Å²) in [5, 5.41) is 0. The van der Waals surface area contributed by atoms with E-state index in [-0.39, 0.29) is 5.97 Å². The first-order valence-electron chi connectivity index (χ1n) is 5.95. The molecule has 6 heteroatoms. The van der Waals surface area contributed by atoms with Crippen LogP contribution in [0.2, 0.25) is 0 Å². The van der Waals surface area contributed by atoms with Crippen LogP contribution in [0.15, 0.2) is 4.42 Å². The fourth-order valence-corrected chi connectivity index (χ4v) is 1.92. The molecule has 1 aromatic heterocycles. The molecule has 18 heavy (non-hydrogen) atoms. The first kappa shape index (κ1) is 13.0. The maximum absolute atomic E-state index is 11.4. The van der Waals surface area contributed by atoms with Crippen LogP contribution in [0.5, 0.6) is 0 Å². The third-order valence-electron chi connectivity index (χ3n) is 3.05. The van der Waals surface area contributed by atoms with E-state index >= 15 is 0 Å². The number of rotatable bonds is 3. The normalized spacial score (nSPS) is 20.9. The van der Waals surface area contributed by atoms with Gasteiger partial charge < -0.3 is 13.9 Å². The van der Waals surface area contributed by atoms with Crippen molar-refractivity contribution in [1.82, 2.24) is 9.88 Å². The van der Waals surface area contributed by atoms with Crippen molar-refractivity contribution < 1.29 is 18.7 Å². The van der Waals surface area contributed by atoms with E-state index in [0.717, 1.165) is 18.0 Å². The maximum Gasteiger partial charge on any atom is 0.336 e. The third-order valence-corrected chi connectivity index (χ3v) is 3.05. The molecule has 0 spiro atoms. The molecule has 1 fully saturated rings. The Labute approximate surface area is 106 Å². The molecule has 0 aromatic carbocycles. The van der Waals surface area contributed by atoms with Crippen molar-refractivity contribution >= 4 is 5.97 Å². The second-order valence-electron chi connectivity index (χ2n) is 4.37. The lowest BCUT2D eigenvalue weighted by molar-refractivity contribution is -0.160.